The van der Waals surface area contributed by atoms with Gasteiger partial charge in [-0.3, -0.25) is 4.79 Å². The topological polar surface area (TPSA) is 54.4 Å². The summed E-state index contributed by atoms with van der Waals surface area (Å²) in [6.07, 6.45) is 1.52. The highest BCUT2D eigenvalue weighted by Gasteiger charge is 2.15. The molecule has 24 heavy (non-hydrogen) atoms. The zero-order valence-corrected chi connectivity index (χ0v) is 14.4. The van der Waals surface area contributed by atoms with Crippen LogP contribution >= 0.6 is 22.9 Å². The molecule has 0 radical (unpaired) electrons. The molecule has 0 aliphatic rings. The Morgan fingerprint density at radius 3 is 2.62 bits per heavy atom. The van der Waals surface area contributed by atoms with E-state index in [0.29, 0.717) is 15.6 Å². The molecule has 6 heteroatoms. The smallest absolute Gasteiger partial charge is 0.266 e. The van der Waals surface area contributed by atoms with E-state index in [4.69, 9.17) is 11.6 Å². The molecule has 3 rings (SSSR count). The Kier molecular flexibility index (Phi) is 5.03. The van der Waals surface area contributed by atoms with E-state index in [1.807, 2.05) is 55.5 Å². The lowest BCUT2D eigenvalue weighted by Gasteiger charge is -1.98. The number of hydrogen-bond donors (Lipinski definition) is 1. The van der Waals surface area contributed by atoms with E-state index in [1.165, 1.54) is 17.6 Å². The number of aryl methyl sites for hydroxylation is 1. The van der Waals surface area contributed by atoms with Crippen LogP contribution in [0.5, 0.6) is 0 Å². The fraction of sp³-hybridized carbons (Fsp3) is 0.0556. The third-order valence-electron chi connectivity index (χ3n) is 3.30. The molecule has 0 atom stereocenters. The number of nitrogens with zero attached hydrogens (tertiary/aromatic N) is 2. The van der Waals surface area contributed by atoms with Crippen molar-refractivity contribution in [2.75, 3.05) is 0 Å². The van der Waals surface area contributed by atoms with Gasteiger partial charge >= 0.3 is 0 Å². The maximum Gasteiger partial charge on any atom is 0.283 e. The number of amides is 1. The summed E-state index contributed by atoms with van der Waals surface area (Å²) in [6, 6.07) is 17.1. The SMILES string of the molecule is Cc1nc(-c2ccccc2)sc1C(=O)N/N=C/c1ccccc1Cl. The molecular formula is C18H14ClN3OS. The third-order valence-corrected chi connectivity index (χ3v) is 4.85. The van der Waals surface area contributed by atoms with Crippen molar-refractivity contribution in [3.63, 3.8) is 0 Å². The number of carbonyl (C=O) groups is 1. The third kappa shape index (κ3) is 3.69. The summed E-state index contributed by atoms with van der Waals surface area (Å²) >= 11 is 7.39. The fourth-order valence-corrected chi connectivity index (χ4v) is 3.25. The van der Waals surface area contributed by atoms with Crippen LogP contribution in [0.1, 0.15) is 20.9 Å². The molecule has 1 N–H and O–H groups in total. The van der Waals surface area contributed by atoms with Crippen molar-refractivity contribution < 1.29 is 4.79 Å². The molecule has 1 heterocycles. The van der Waals surface area contributed by atoms with Crippen molar-refractivity contribution >= 4 is 35.1 Å². The van der Waals surface area contributed by atoms with E-state index in [0.717, 1.165) is 16.1 Å². The van der Waals surface area contributed by atoms with Gasteiger partial charge in [0.1, 0.15) is 9.88 Å². The Balaban J connectivity index is 1.74. The quantitative estimate of drug-likeness (QED) is 0.552. The molecule has 0 saturated carbocycles. The Hall–Kier alpha value is -2.50. The highest BCUT2D eigenvalue weighted by atomic mass is 35.5. The number of halogens is 1. The van der Waals surface area contributed by atoms with Gasteiger partial charge in [-0.15, -0.1) is 11.3 Å². The van der Waals surface area contributed by atoms with E-state index >= 15 is 0 Å². The number of benzene rings is 2. The van der Waals surface area contributed by atoms with Gasteiger partial charge in [-0.2, -0.15) is 5.10 Å². The summed E-state index contributed by atoms with van der Waals surface area (Å²) < 4.78 is 0. The van der Waals surface area contributed by atoms with Crippen LogP contribution in [0.4, 0.5) is 0 Å². The average molecular weight is 356 g/mol. The molecule has 3 aromatic rings. The highest BCUT2D eigenvalue weighted by Crippen LogP contribution is 2.27. The molecule has 0 aliphatic heterocycles. The van der Waals surface area contributed by atoms with Gasteiger partial charge in [-0.25, -0.2) is 10.4 Å². The van der Waals surface area contributed by atoms with Crippen LogP contribution in [-0.2, 0) is 0 Å². The van der Waals surface area contributed by atoms with Crippen LogP contribution in [0, 0.1) is 6.92 Å². The summed E-state index contributed by atoms with van der Waals surface area (Å²) in [5, 5.41) is 5.36. The highest BCUT2D eigenvalue weighted by molar-refractivity contribution is 7.17. The van der Waals surface area contributed by atoms with Gasteiger partial charge in [0.15, 0.2) is 0 Å². The lowest BCUT2D eigenvalue weighted by Crippen LogP contribution is -2.17. The van der Waals surface area contributed by atoms with E-state index in [9.17, 15) is 4.79 Å². The average Bonchev–Trinajstić information content (AvgIpc) is 2.99. The summed E-state index contributed by atoms with van der Waals surface area (Å²) in [5.74, 6) is -0.282. The minimum absolute atomic E-state index is 0.282. The van der Waals surface area contributed by atoms with E-state index in [2.05, 4.69) is 15.5 Å². The number of carbonyl (C=O) groups excluding carboxylic acids is 1. The van der Waals surface area contributed by atoms with Crippen LogP contribution in [-0.4, -0.2) is 17.1 Å². The summed E-state index contributed by atoms with van der Waals surface area (Å²) in [5.41, 5.74) is 4.94. The van der Waals surface area contributed by atoms with Crippen LogP contribution in [0.15, 0.2) is 59.7 Å². The standard InChI is InChI=1S/C18H14ClN3OS/c1-12-16(24-18(21-12)13-7-3-2-4-8-13)17(23)22-20-11-14-9-5-6-10-15(14)19/h2-11H,1H3,(H,22,23)/b20-11+. The largest absolute Gasteiger partial charge is 0.283 e. The van der Waals surface area contributed by atoms with E-state index in [1.54, 1.807) is 6.07 Å². The Morgan fingerprint density at radius 2 is 1.88 bits per heavy atom. The van der Waals surface area contributed by atoms with Crippen molar-refractivity contribution in [2.24, 2.45) is 5.10 Å². The predicted molar refractivity (Wildman–Crippen MR) is 98.8 cm³/mol. The maximum absolute atomic E-state index is 12.3. The lowest BCUT2D eigenvalue weighted by atomic mass is 10.2. The monoisotopic (exact) mass is 355 g/mol. The molecule has 0 saturated heterocycles. The zero-order valence-electron chi connectivity index (χ0n) is 12.9. The number of hydrazone groups is 1. The lowest BCUT2D eigenvalue weighted by molar-refractivity contribution is 0.0958. The molecular weight excluding hydrogens is 342 g/mol. The van der Waals surface area contributed by atoms with Gasteiger partial charge in [0, 0.05) is 16.1 Å². The van der Waals surface area contributed by atoms with Crippen molar-refractivity contribution in [1.29, 1.82) is 0 Å². The molecule has 0 spiro atoms. The normalized spacial score (nSPS) is 10.9. The number of thiazole rings is 1. The first-order valence-corrected chi connectivity index (χ1v) is 8.45. The number of nitrogens with one attached hydrogen (secondary N) is 1. The second-order valence-electron chi connectivity index (χ2n) is 5.02. The molecule has 1 aromatic heterocycles. The van der Waals surface area contributed by atoms with Crippen LogP contribution in [0.25, 0.3) is 10.6 Å². The number of rotatable bonds is 4. The Bertz CT molecular complexity index is 890. The van der Waals surface area contributed by atoms with Gasteiger partial charge in [0.25, 0.3) is 5.91 Å². The number of aromatic nitrogens is 1. The first-order valence-electron chi connectivity index (χ1n) is 7.26. The molecule has 120 valence electrons. The minimum atomic E-state index is -0.282. The zero-order chi connectivity index (χ0) is 16.9. The van der Waals surface area contributed by atoms with E-state index in [-0.39, 0.29) is 5.91 Å². The van der Waals surface area contributed by atoms with Crippen molar-refractivity contribution in [3.05, 3.63) is 75.8 Å². The fourth-order valence-electron chi connectivity index (χ4n) is 2.10. The Morgan fingerprint density at radius 1 is 1.17 bits per heavy atom. The number of hydrogen-bond acceptors (Lipinski definition) is 4. The summed E-state index contributed by atoms with van der Waals surface area (Å²) in [7, 11) is 0. The van der Waals surface area contributed by atoms with Gasteiger partial charge in [-0.1, -0.05) is 60.1 Å². The van der Waals surface area contributed by atoms with Crippen molar-refractivity contribution in [2.45, 2.75) is 6.92 Å². The molecule has 0 fully saturated rings. The minimum Gasteiger partial charge on any atom is -0.266 e. The van der Waals surface area contributed by atoms with E-state index < -0.39 is 0 Å². The van der Waals surface area contributed by atoms with Gasteiger partial charge in [0.05, 0.1) is 11.9 Å². The molecule has 0 unspecified atom stereocenters. The van der Waals surface area contributed by atoms with Gasteiger partial charge in [-0.05, 0) is 13.0 Å². The molecule has 1 amide bonds. The second kappa shape index (κ2) is 7.38. The first-order chi connectivity index (χ1) is 11.6. The Labute approximate surface area is 148 Å². The molecule has 4 nitrogen and oxygen atoms in total. The maximum atomic E-state index is 12.3. The van der Waals surface area contributed by atoms with Crippen LogP contribution < -0.4 is 5.43 Å². The first kappa shape index (κ1) is 16.4. The molecule has 2 aromatic carbocycles. The summed E-state index contributed by atoms with van der Waals surface area (Å²) in [4.78, 5) is 17.3. The van der Waals surface area contributed by atoms with Crippen molar-refractivity contribution in [1.82, 2.24) is 10.4 Å². The molecule has 0 aliphatic carbocycles. The van der Waals surface area contributed by atoms with Crippen molar-refractivity contribution in [3.8, 4) is 10.6 Å². The predicted octanol–water partition coefficient (Wildman–Crippen LogP) is 4.54. The van der Waals surface area contributed by atoms with Gasteiger partial charge in [0.2, 0.25) is 0 Å². The second-order valence-corrected chi connectivity index (χ2v) is 6.43. The van der Waals surface area contributed by atoms with Crippen LogP contribution in [0.2, 0.25) is 5.02 Å². The summed E-state index contributed by atoms with van der Waals surface area (Å²) in [6.45, 7) is 1.82. The van der Waals surface area contributed by atoms with Gasteiger partial charge < -0.3 is 0 Å². The van der Waals surface area contributed by atoms with Crippen LogP contribution in [0.3, 0.4) is 0 Å². The molecule has 0 bridgehead atoms.